The van der Waals surface area contributed by atoms with Gasteiger partial charge in [0.15, 0.2) is 0 Å². The highest BCUT2D eigenvalue weighted by atomic mass is 16.7. The fourth-order valence-electron chi connectivity index (χ4n) is 3.53. The molecule has 0 radical (unpaired) electrons. The van der Waals surface area contributed by atoms with Crippen molar-refractivity contribution in [2.75, 3.05) is 13.2 Å². The minimum atomic E-state index is -1.37. The molecule has 2 aromatic rings. The summed E-state index contributed by atoms with van der Waals surface area (Å²) in [4.78, 5) is 10.3. The molecule has 0 saturated carbocycles. The number of nitro benzene ring substituents is 1. The summed E-state index contributed by atoms with van der Waals surface area (Å²) in [5.74, 6) is 0.334. The standard InChI is InChI=1S/C20H21NO8/c22-11-20-12-27-17(16(18(20)23)26-10-13-4-2-1-3-5-13)19(29-20)28-15-8-6-14(7-9-15)21(24)25/h1-9,16-19,22-23H,10-12H2/t16-,17-,18+,19-,20+/m1/s1. The zero-order valence-corrected chi connectivity index (χ0v) is 15.4. The highest BCUT2D eigenvalue weighted by molar-refractivity contribution is 5.36. The molecular weight excluding hydrogens is 382 g/mol. The number of non-ortho nitro benzene ring substituents is 1. The second kappa shape index (κ2) is 8.05. The van der Waals surface area contributed by atoms with Crippen LogP contribution in [-0.2, 0) is 20.8 Å². The predicted molar refractivity (Wildman–Crippen MR) is 99.2 cm³/mol. The molecule has 0 aromatic heterocycles. The third kappa shape index (κ3) is 3.83. The number of ether oxygens (including phenoxy) is 4. The Bertz CT molecular complexity index is 845. The molecule has 5 atom stereocenters. The van der Waals surface area contributed by atoms with E-state index in [0.717, 1.165) is 5.56 Å². The lowest BCUT2D eigenvalue weighted by molar-refractivity contribution is -0.388. The first-order valence-electron chi connectivity index (χ1n) is 9.17. The molecule has 3 aliphatic rings. The number of hydrogen-bond donors (Lipinski definition) is 2. The summed E-state index contributed by atoms with van der Waals surface area (Å²) in [6, 6.07) is 15.0. The largest absolute Gasteiger partial charge is 0.462 e. The van der Waals surface area contributed by atoms with E-state index in [0.29, 0.717) is 5.75 Å². The van der Waals surface area contributed by atoms with Crippen LogP contribution in [0, 0.1) is 10.1 Å². The molecule has 154 valence electrons. The first-order chi connectivity index (χ1) is 14.0. The van der Waals surface area contributed by atoms with Crippen LogP contribution < -0.4 is 4.74 Å². The molecular formula is C20H21NO8. The highest BCUT2D eigenvalue weighted by Gasteiger charge is 2.61. The van der Waals surface area contributed by atoms with Gasteiger partial charge in [-0.25, -0.2) is 0 Å². The molecule has 29 heavy (non-hydrogen) atoms. The van der Waals surface area contributed by atoms with Crippen LogP contribution in [0.5, 0.6) is 5.75 Å². The van der Waals surface area contributed by atoms with Gasteiger partial charge >= 0.3 is 0 Å². The van der Waals surface area contributed by atoms with E-state index >= 15 is 0 Å². The predicted octanol–water partition coefficient (Wildman–Crippen LogP) is 1.41. The third-order valence-electron chi connectivity index (χ3n) is 5.17. The van der Waals surface area contributed by atoms with E-state index in [1.165, 1.54) is 24.3 Å². The zero-order chi connectivity index (χ0) is 20.4. The van der Waals surface area contributed by atoms with Gasteiger partial charge in [0.2, 0.25) is 6.29 Å². The van der Waals surface area contributed by atoms with Gasteiger partial charge in [-0.15, -0.1) is 0 Å². The lowest BCUT2D eigenvalue weighted by atomic mass is 9.84. The fourth-order valence-corrected chi connectivity index (χ4v) is 3.53. The van der Waals surface area contributed by atoms with Gasteiger partial charge in [-0.05, 0) is 17.7 Å². The van der Waals surface area contributed by atoms with E-state index < -0.39 is 41.7 Å². The Hall–Kier alpha value is -2.56. The lowest BCUT2D eigenvalue weighted by Gasteiger charge is -2.54. The maximum absolute atomic E-state index is 10.8. The van der Waals surface area contributed by atoms with Crippen LogP contribution in [0.25, 0.3) is 0 Å². The van der Waals surface area contributed by atoms with Gasteiger partial charge in [0.1, 0.15) is 29.7 Å². The van der Waals surface area contributed by atoms with Crippen molar-refractivity contribution in [2.45, 2.75) is 36.8 Å². The van der Waals surface area contributed by atoms with Crippen LogP contribution in [0.15, 0.2) is 54.6 Å². The van der Waals surface area contributed by atoms with Crippen LogP contribution in [0.1, 0.15) is 5.56 Å². The summed E-state index contributed by atoms with van der Waals surface area (Å²) in [6.07, 6.45) is -3.58. The SMILES string of the molecule is O=[N+]([O-])c1ccc(O[C@@H]2O[C@@]3(CO)CO[C@@H]2[C@@H](OCc2ccccc2)[C@@H]3O)cc1. The Morgan fingerprint density at radius 2 is 1.90 bits per heavy atom. The first kappa shape index (κ1) is 19.7. The van der Waals surface area contributed by atoms with Gasteiger partial charge in [0.05, 0.1) is 24.7 Å². The number of benzene rings is 2. The molecule has 9 nitrogen and oxygen atoms in total. The van der Waals surface area contributed by atoms with Crippen molar-refractivity contribution in [1.29, 1.82) is 0 Å². The number of aliphatic hydroxyl groups excluding tert-OH is 2. The van der Waals surface area contributed by atoms with Crippen LogP contribution in [0.4, 0.5) is 5.69 Å². The number of aliphatic hydroxyl groups is 2. The van der Waals surface area contributed by atoms with Gasteiger partial charge in [-0.2, -0.15) is 0 Å². The third-order valence-corrected chi connectivity index (χ3v) is 5.17. The number of nitrogens with zero attached hydrogens (tertiary/aromatic N) is 1. The Morgan fingerprint density at radius 3 is 2.55 bits per heavy atom. The second-order valence-corrected chi connectivity index (χ2v) is 7.06. The molecule has 0 spiro atoms. The van der Waals surface area contributed by atoms with Crippen LogP contribution in [0.2, 0.25) is 0 Å². The van der Waals surface area contributed by atoms with Crippen molar-refractivity contribution in [1.82, 2.24) is 0 Å². The zero-order valence-electron chi connectivity index (χ0n) is 15.4. The fraction of sp³-hybridized carbons (Fsp3) is 0.400. The molecule has 2 N–H and O–H groups in total. The molecule has 2 aromatic carbocycles. The molecule has 5 rings (SSSR count). The number of hydrogen-bond acceptors (Lipinski definition) is 8. The Balaban J connectivity index is 1.51. The summed E-state index contributed by atoms with van der Waals surface area (Å²) in [6.45, 7) is -0.235. The van der Waals surface area contributed by atoms with Crippen molar-refractivity contribution >= 4 is 5.69 Å². The van der Waals surface area contributed by atoms with Crippen LogP contribution in [0.3, 0.4) is 0 Å². The lowest BCUT2D eigenvalue weighted by Crippen LogP contribution is -2.74. The quantitative estimate of drug-likeness (QED) is 0.526. The molecule has 9 heteroatoms. The van der Waals surface area contributed by atoms with E-state index in [-0.39, 0.29) is 18.9 Å². The minimum absolute atomic E-state index is 0.000647. The van der Waals surface area contributed by atoms with E-state index in [1.807, 2.05) is 30.3 Å². The second-order valence-electron chi connectivity index (χ2n) is 7.06. The summed E-state index contributed by atoms with van der Waals surface area (Å²) in [7, 11) is 0. The van der Waals surface area contributed by atoms with Crippen LogP contribution >= 0.6 is 0 Å². The Kier molecular flexibility index (Phi) is 5.48. The first-order valence-corrected chi connectivity index (χ1v) is 9.17. The van der Waals surface area contributed by atoms with Crippen molar-refractivity contribution in [3.05, 3.63) is 70.3 Å². The van der Waals surface area contributed by atoms with Crippen LogP contribution in [-0.4, -0.2) is 58.6 Å². The van der Waals surface area contributed by atoms with E-state index in [1.54, 1.807) is 0 Å². The van der Waals surface area contributed by atoms with Gasteiger partial charge in [0.25, 0.3) is 5.69 Å². The van der Waals surface area contributed by atoms with Crippen molar-refractivity contribution < 1.29 is 34.1 Å². The molecule has 0 amide bonds. The number of nitro groups is 1. The maximum atomic E-state index is 10.8. The average molecular weight is 403 g/mol. The average Bonchev–Trinajstić information content (AvgIpc) is 2.75. The normalized spacial score (nSPS) is 30.8. The van der Waals surface area contributed by atoms with Gasteiger partial charge in [0, 0.05) is 12.1 Å². The van der Waals surface area contributed by atoms with Gasteiger partial charge in [-0.3, -0.25) is 10.1 Å². The smallest absolute Gasteiger partial charge is 0.269 e. The molecule has 3 saturated heterocycles. The summed E-state index contributed by atoms with van der Waals surface area (Å²) in [5, 5.41) is 31.4. The summed E-state index contributed by atoms with van der Waals surface area (Å²) < 4.78 is 23.4. The molecule has 0 unspecified atom stereocenters. The molecule has 3 fully saturated rings. The molecule has 3 heterocycles. The maximum Gasteiger partial charge on any atom is 0.269 e. The molecule has 3 aliphatic heterocycles. The molecule has 0 aliphatic carbocycles. The van der Waals surface area contributed by atoms with E-state index in [9.17, 15) is 20.3 Å². The highest BCUT2D eigenvalue weighted by Crippen LogP contribution is 2.40. The van der Waals surface area contributed by atoms with Crippen molar-refractivity contribution in [3.63, 3.8) is 0 Å². The minimum Gasteiger partial charge on any atom is -0.462 e. The van der Waals surface area contributed by atoms with Gasteiger partial charge in [-0.1, -0.05) is 30.3 Å². The Morgan fingerprint density at radius 1 is 1.17 bits per heavy atom. The van der Waals surface area contributed by atoms with Crippen molar-refractivity contribution in [3.8, 4) is 5.75 Å². The summed E-state index contributed by atoms with van der Waals surface area (Å²) in [5.41, 5.74) is -0.513. The topological polar surface area (TPSA) is 121 Å². The number of rotatable bonds is 7. The molecule has 2 bridgehead atoms. The monoisotopic (exact) mass is 403 g/mol. The Labute approximate surface area is 166 Å². The summed E-state index contributed by atoms with van der Waals surface area (Å²) >= 11 is 0. The van der Waals surface area contributed by atoms with Crippen molar-refractivity contribution in [2.24, 2.45) is 0 Å². The van der Waals surface area contributed by atoms with E-state index in [2.05, 4.69) is 0 Å². The number of fused-ring (bicyclic) bond motifs is 3. The van der Waals surface area contributed by atoms with Gasteiger partial charge < -0.3 is 29.2 Å². The van der Waals surface area contributed by atoms with E-state index in [4.69, 9.17) is 18.9 Å².